The maximum atomic E-state index is 6.12. The summed E-state index contributed by atoms with van der Waals surface area (Å²) in [5.74, 6) is 0. The Kier molecular flexibility index (Phi) is 5.40. The highest BCUT2D eigenvalue weighted by molar-refractivity contribution is 4.91. The second kappa shape index (κ2) is 7.06. The van der Waals surface area contributed by atoms with Gasteiger partial charge in [0.2, 0.25) is 0 Å². The number of nitrogens with two attached hydrogens (primary N) is 1. The number of rotatable bonds is 6. The molecule has 2 rings (SSSR count). The van der Waals surface area contributed by atoms with Crippen molar-refractivity contribution in [1.29, 1.82) is 0 Å². The summed E-state index contributed by atoms with van der Waals surface area (Å²) in [6, 6.07) is 0. The molecule has 2 N–H and O–H groups in total. The third-order valence-corrected chi connectivity index (χ3v) is 4.69. The molecule has 1 aromatic rings. The molecule has 1 heterocycles. The van der Waals surface area contributed by atoms with Crippen LogP contribution in [0.2, 0.25) is 0 Å². The van der Waals surface area contributed by atoms with Crippen LogP contribution >= 0.6 is 0 Å². The summed E-state index contributed by atoms with van der Waals surface area (Å²) in [7, 11) is 2.26. The zero-order chi connectivity index (χ0) is 13.6. The quantitative estimate of drug-likeness (QED) is 0.802. The van der Waals surface area contributed by atoms with Crippen molar-refractivity contribution in [1.82, 2.24) is 14.5 Å². The lowest BCUT2D eigenvalue weighted by atomic mass is 9.88. The second-order valence-corrected chi connectivity index (χ2v) is 5.92. The zero-order valence-electron chi connectivity index (χ0n) is 12.2. The number of imidazole rings is 1. The van der Waals surface area contributed by atoms with Gasteiger partial charge in [0.15, 0.2) is 0 Å². The van der Waals surface area contributed by atoms with Crippen molar-refractivity contribution < 1.29 is 0 Å². The molecule has 0 atom stereocenters. The largest absolute Gasteiger partial charge is 0.337 e. The van der Waals surface area contributed by atoms with E-state index in [1.807, 2.05) is 18.7 Å². The van der Waals surface area contributed by atoms with E-state index in [2.05, 4.69) is 21.5 Å². The Morgan fingerprint density at radius 2 is 2.00 bits per heavy atom. The van der Waals surface area contributed by atoms with Crippen LogP contribution in [0.5, 0.6) is 0 Å². The summed E-state index contributed by atoms with van der Waals surface area (Å²) in [5, 5.41) is 0. The van der Waals surface area contributed by atoms with Crippen molar-refractivity contribution in [3.63, 3.8) is 0 Å². The van der Waals surface area contributed by atoms with E-state index in [0.717, 1.165) is 26.1 Å². The fourth-order valence-corrected chi connectivity index (χ4v) is 3.27. The number of aromatic nitrogens is 2. The average molecular weight is 264 g/mol. The van der Waals surface area contributed by atoms with Gasteiger partial charge < -0.3 is 10.3 Å². The molecule has 0 aromatic carbocycles. The van der Waals surface area contributed by atoms with E-state index in [-0.39, 0.29) is 5.54 Å². The van der Waals surface area contributed by atoms with Crippen molar-refractivity contribution in [3.8, 4) is 0 Å². The topological polar surface area (TPSA) is 47.1 Å². The minimum Gasteiger partial charge on any atom is -0.337 e. The summed E-state index contributed by atoms with van der Waals surface area (Å²) in [4.78, 5) is 6.60. The van der Waals surface area contributed by atoms with Gasteiger partial charge in [0, 0.05) is 37.6 Å². The average Bonchev–Trinajstić information content (AvgIpc) is 2.82. The molecule has 19 heavy (non-hydrogen) atoms. The van der Waals surface area contributed by atoms with Crippen molar-refractivity contribution >= 4 is 0 Å². The van der Waals surface area contributed by atoms with Crippen LogP contribution in [0.3, 0.4) is 0 Å². The van der Waals surface area contributed by atoms with E-state index in [0.29, 0.717) is 0 Å². The molecule has 1 fully saturated rings. The van der Waals surface area contributed by atoms with E-state index < -0.39 is 0 Å². The molecule has 0 bridgehead atoms. The third-order valence-electron chi connectivity index (χ3n) is 4.69. The number of hydrogen-bond donors (Lipinski definition) is 1. The Labute approximate surface area is 117 Å². The van der Waals surface area contributed by atoms with Crippen LogP contribution in [0.4, 0.5) is 0 Å². The number of hydrogen-bond acceptors (Lipinski definition) is 3. The molecule has 1 saturated carbocycles. The van der Waals surface area contributed by atoms with Crippen LogP contribution in [0, 0.1) is 0 Å². The Morgan fingerprint density at radius 3 is 2.58 bits per heavy atom. The predicted octanol–water partition coefficient (Wildman–Crippen LogP) is 2.26. The molecule has 0 amide bonds. The lowest BCUT2D eigenvalue weighted by Crippen LogP contribution is -2.52. The van der Waals surface area contributed by atoms with Gasteiger partial charge in [-0.1, -0.05) is 25.7 Å². The first-order chi connectivity index (χ1) is 9.27. The standard InChI is InChI=1S/C15H28N4/c1-18(10-6-11-19-12-9-17-14-19)15(13-16)7-4-2-3-5-8-15/h9,12,14H,2-8,10-11,13,16H2,1H3. The van der Waals surface area contributed by atoms with Gasteiger partial charge in [-0.15, -0.1) is 0 Å². The highest BCUT2D eigenvalue weighted by Crippen LogP contribution is 2.31. The summed E-state index contributed by atoms with van der Waals surface area (Å²) in [6.45, 7) is 2.97. The molecule has 4 heteroatoms. The van der Waals surface area contributed by atoms with Gasteiger partial charge in [0.05, 0.1) is 6.33 Å². The van der Waals surface area contributed by atoms with Crippen molar-refractivity contribution in [3.05, 3.63) is 18.7 Å². The number of likely N-dealkylation sites (N-methyl/N-ethyl adjacent to an activating group) is 1. The van der Waals surface area contributed by atoms with Gasteiger partial charge in [-0.3, -0.25) is 4.90 Å². The first-order valence-corrected chi connectivity index (χ1v) is 7.64. The normalized spacial score (nSPS) is 19.5. The van der Waals surface area contributed by atoms with Crippen LogP contribution in [0.15, 0.2) is 18.7 Å². The molecular weight excluding hydrogens is 236 g/mol. The smallest absolute Gasteiger partial charge is 0.0945 e. The van der Waals surface area contributed by atoms with Crippen LogP contribution in [-0.4, -0.2) is 40.1 Å². The summed E-state index contributed by atoms with van der Waals surface area (Å²) in [5.41, 5.74) is 6.37. The molecule has 108 valence electrons. The van der Waals surface area contributed by atoms with Gasteiger partial charge in [0.1, 0.15) is 0 Å². The second-order valence-electron chi connectivity index (χ2n) is 5.92. The summed E-state index contributed by atoms with van der Waals surface area (Å²) in [6.07, 6.45) is 14.9. The number of aryl methyl sites for hydroxylation is 1. The van der Waals surface area contributed by atoms with Gasteiger partial charge in [-0.2, -0.15) is 0 Å². The highest BCUT2D eigenvalue weighted by Gasteiger charge is 2.33. The van der Waals surface area contributed by atoms with E-state index >= 15 is 0 Å². The molecule has 1 aromatic heterocycles. The molecule has 0 unspecified atom stereocenters. The maximum absolute atomic E-state index is 6.12. The van der Waals surface area contributed by atoms with Crippen LogP contribution in [0.1, 0.15) is 44.9 Å². The van der Waals surface area contributed by atoms with E-state index in [9.17, 15) is 0 Å². The van der Waals surface area contributed by atoms with Crippen LogP contribution < -0.4 is 5.73 Å². The first kappa shape index (κ1) is 14.5. The molecule has 4 nitrogen and oxygen atoms in total. The molecule has 0 radical (unpaired) electrons. The van der Waals surface area contributed by atoms with E-state index in [1.54, 1.807) is 0 Å². The van der Waals surface area contributed by atoms with Crippen molar-refractivity contribution in [2.45, 2.75) is 57.0 Å². The predicted molar refractivity (Wildman–Crippen MR) is 79.0 cm³/mol. The van der Waals surface area contributed by atoms with Crippen LogP contribution in [-0.2, 0) is 6.54 Å². The zero-order valence-corrected chi connectivity index (χ0v) is 12.2. The molecule has 0 spiro atoms. The molecule has 0 saturated heterocycles. The lowest BCUT2D eigenvalue weighted by Gasteiger charge is -2.41. The fraction of sp³-hybridized carbons (Fsp3) is 0.800. The molecule has 1 aliphatic rings. The SMILES string of the molecule is CN(CCCn1ccnc1)C1(CN)CCCCCC1. The number of nitrogens with zero attached hydrogens (tertiary/aromatic N) is 3. The Balaban J connectivity index is 1.83. The minimum atomic E-state index is 0.255. The lowest BCUT2D eigenvalue weighted by molar-refractivity contribution is 0.104. The van der Waals surface area contributed by atoms with E-state index in [4.69, 9.17) is 5.73 Å². The van der Waals surface area contributed by atoms with Gasteiger partial charge >= 0.3 is 0 Å². The first-order valence-electron chi connectivity index (χ1n) is 7.64. The van der Waals surface area contributed by atoms with Gasteiger partial charge in [0.25, 0.3) is 0 Å². The monoisotopic (exact) mass is 264 g/mol. The van der Waals surface area contributed by atoms with Gasteiger partial charge in [-0.25, -0.2) is 4.98 Å². The molecular formula is C15H28N4. The van der Waals surface area contributed by atoms with Crippen molar-refractivity contribution in [2.75, 3.05) is 20.1 Å². The Bertz CT molecular complexity index is 339. The highest BCUT2D eigenvalue weighted by atomic mass is 15.2. The fourth-order valence-electron chi connectivity index (χ4n) is 3.27. The Hall–Kier alpha value is -0.870. The van der Waals surface area contributed by atoms with Crippen molar-refractivity contribution in [2.24, 2.45) is 5.73 Å². The molecule has 0 aliphatic heterocycles. The van der Waals surface area contributed by atoms with Crippen LogP contribution in [0.25, 0.3) is 0 Å². The maximum Gasteiger partial charge on any atom is 0.0945 e. The summed E-state index contributed by atoms with van der Waals surface area (Å²) >= 11 is 0. The third kappa shape index (κ3) is 3.80. The summed E-state index contributed by atoms with van der Waals surface area (Å²) < 4.78 is 2.15. The van der Waals surface area contributed by atoms with Gasteiger partial charge in [-0.05, 0) is 26.3 Å². The molecule has 1 aliphatic carbocycles. The Morgan fingerprint density at radius 1 is 1.26 bits per heavy atom. The minimum absolute atomic E-state index is 0.255. The van der Waals surface area contributed by atoms with E-state index in [1.165, 1.54) is 38.5 Å².